The second-order valence-corrected chi connectivity index (χ2v) is 28.8. The van der Waals surface area contributed by atoms with Crippen LogP contribution in [0.1, 0.15) is 57.5 Å². The van der Waals surface area contributed by atoms with Crippen LogP contribution in [0.25, 0.3) is 118 Å². The van der Waals surface area contributed by atoms with E-state index in [0.717, 1.165) is 175 Å². The number of aromatic nitrogens is 4. The molecule has 0 atom stereocenters. The number of hydrogen-bond donors (Lipinski definition) is 0. The van der Waals surface area contributed by atoms with Crippen molar-refractivity contribution in [3.8, 4) is 147 Å². The first kappa shape index (κ1) is 72.1. The van der Waals surface area contributed by atoms with Crippen molar-refractivity contribution in [1.82, 2.24) is 19.9 Å². The van der Waals surface area contributed by atoms with Crippen LogP contribution in [0, 0.1) is 22.7 Å². The molecule has 0 amide bonds. The third-order valence-electron chi connectivity index (χ3n) is 22.2. The Morgan fingerprint density at radius 1 is 0.362 bits per heavy atom. The number of nitriles is 2. The first-order valence-electron chi connectivity index (χ1n) is 38.9. The van der Waals surface area contributed by atoms with Gasteiger partial charge in [0.2, 0.25) is 0 Å². The lowest BCUT2D eigenvalue weighted by atomic mass is 9.62. The Kier molecular flexibility index (Phi) is 19.7. The molecule has 0 N–H and O–H groups in total. The van der Waals surface area contributed by atoms with Crippen molar-refractivity contribution < 1.29 is 9.47 Å². The zero-order valence-corrected chi connectivity index (χ0v) is 63.4. The van der Waals surface area contributed by atoms with Gasteiger partial charge in [0.05, 0.1) is 51.3 Å². The van der Waals surface area contributed by atoms with Crippen molar-refractivity contribution in [1.29, 1.82) is 10.5 Å². The minimum Gasteiger partial charge on any atom is -0.457 e. The van der Waals surface area contributed by atoms with E-state index >= 15 is 0 Å². The monoisotopic (exact) mass is 1490 g/mol. The van der Waals surface area contributed by atoms with E-state index in [1.165, 1.54) is 17.2 Å². The van der Waals surface area contributed by atoms with E-state index in [-0.39, 0.29) is 0 Å². The number of para-hydroxylation sites is 4. The van der Waals surface area contributed by atoms with Gasteiger partial charge >= 0.3 is 0 Å². The Balaban J connectivity index is 0.637. The molecule has 2 aliphatic heterocycles. The number of nitrogens with zero attached hydrogens (tertiary/aromatic N) is 6. The Bertz CT molecular complexity index is 6520. The highest BCUT2D eigenvalue weighted by atomic mass is 16.5. The van der Waals surface area contributed by atoms with Gasteiger partial charge in [-0.2, -0.15) is 10.5 Å². The summed E-state index contributed by atoms with van der Waals surface area (Å²) in [5.74, 6) is 4.43. The Morgan fingerprint density at radius 3 is 1.34 bits per heavy atom. The molecular formula is C108H74N6O2. The Labute approximate surface area is 676 Å². The lowest BCUT2D eigenvalue weighted by Crippen LogP contribution is -2.34. The molecule has 0 saturated carbocycles. The van der Waals surface area contributed by atoms with Gasteiger partial charge in [0.15, 0.2) is 11.6 Å². The fraction of sp³-hybridized carbons (Fsp3) is 0.0370. The minimum atomic E-state index is -0.827. The third-order valence-corrected chi connectivity index (χ3v) is 22.2. The molecule has 1 aliphatic carbocycles. The summed E-state index contributed by atoms with van der Waals surface area (Å²) >= 11 is 0. The lowest BCUT2D eigenvalue weighted by molar-refractivity contribution is 0.434. The van der Waals surface area contributed by atoms with Crippen molar-refractivity contribution in [3.05, 3.63) is 463 Å². The molecule has 116 heavy (non-hydrogen) atoms. The molecule has 0 fully saturated rings. The molecule has 0 unspecified atom stereocenters. The second-order valence-electron chi connectivity index (χ2n) is 28.8. The molecule has 0 saturated heterocycles. The SMILES string of the molecule is C=C/C=C\C(=C)C1(C(/C=C\C=C\c2cc(-c3ccccc3)nc(-c3ccc(-c4cccc(-c5ccc(-c6cc(-c7ccc(-c8cccc9c8-c8c(-c%10ccc(C#N)cc%10)cccc8C98c9ccccc9Oc9ccccc98)cc7)nc(-c7ccccc7)n6)cc5)c4)cc3)n2)=C\CC/C=C\C=C\C#N)c2ccccc2Oc2ccccc21. The smallest absolute Gasteiger partial charge is 0.160 e. The summed E-state index contributed by atoms with van der Waals surface area (Å²) in [5, 5.41) is 19.0. The summed E-state index contributed by atoms with van der Waals surface area (Å²) < 4.78 is 13.4. The van der Waals surface area contributed by atoms with Crippen LogP contribution in [-0.2, 0) is 10.8 Å². The molecule has 13 aromatic carbocycles. The maximum absolute atomic E-state index is 9.87. The maximum atomic E-state index is 9.87. The van der Waals surface area contributed by atoms with Crippen LogP contribution >= 0.6 is 0 Å². The molecule has 8 nitrogen and oxygen atoms in total. The summed E-state index contributed by atoms with van der Waals surface area (Å²) in [6.07, 6.45) is 25.1. The molecule has 15 aromatic rings. The number of unbranched alkanes of at least 4 members (excludes halogenated alkanes) is 1. The van der Waals surface area contributed by atoms with Crippen LogP contribution < -0.4 is 9.47 Å². The normalized spacial score (nSPS) is 13.3. The highest BCUT2D eigenvalue weighted by Gasteiger charge is 2.52. The van der Waals surface area contributed by atoms with Crippen LogP contribution in [-0.4, -0.2) is 19.9 Å². The lowest BCUT2D eigenvalue weighted by Gasteiger charge is -2.42. The summed E-state index contributed by atoms with van der Waals surface area (Å²) in [5.41, 5.74) is 26.3. The predicted octanol–water partition coefficient (Wildman–Crippen LogP) is 26.9. The van der Waals surface area contributed by atoms with Crippen LogP contribution in [0.5, 0.6) is 23.0 Å². The molecule has 18 rings (SSSR count). The van der Waals surface area contributed by atoms with E-state index in [2.05, 4.69) is 280 Å². The van der Waals surface area contributed by atoms with Gasteiger partial charge in [0.1, 0.15) is 23.0 Å². The third kappa shape index (κ3) is 13.4. The zero-order valence-electron chi connectivity index (χ0n) is 63.4. The van der Waals surface area contributed by atoms with Crippen LogP contribution in [0.3, 0.4) is 0 Å². The highest BCUT2D eigenvalue weighted by Crippen LogP contribution is 2.65. The van der Waals surface area contributed by atoms with Crippen molar-refractivity contribution >= 4 is 6.08 Å². The van der Waals surface area contributed by atoms with Gasteiger partial charge in [-0.15, -0.1) is 0 Å². The average Bonchev–Trinajstić information content (AvgIpc) is 1.51. The first-order valence-corrected chi connectivity index (χ1v) is 38.9. The number of ether oxygens (including phenoxy) is 2. The van der Waals surface area contributed by atoms with E-state index in [1.807, 2.05) is 121 Å². The fourth-order valence-electron chi connectivity index (χ4n) is 16.8. The van der Waals surface area contributed by atoms with E-state index in [0.29, 0.717) is 17.2 Å². The Hall–Kier alpha value is -15.5. The fourth-order valence-corrected chi connectivity index (χ4v) is 16.8. The average molecular weight is 1490 g/mol. The van der Waals surface area contributed by atoms with Crippen molar-refractivity contribution in [2.75, 3.05) is 0 Å². The topological polar surface area (TPSA) is 118 Å². The van der Waals surface area contributed by atoms with E-state index in [1.54, 1.807) is 12.2 Å². The standard InChI is InChI=1S/C108H74N6O2/c1-3-4-30-73(2)107(90-42-18-22-48-99(90)115-100-49-23-19-43-91(100)107)86(37-15-7-5-6-8-26-68-109)38-16-17-39-87-70-96(79-31-11-9-12-32-79)112-105(111-87)83-66-58-76(59-67-83)85-36-27-35-84(69-85)75-56-62-80(63-57-75)97-71-98(114-106(113-97)82-33-13-10-14-34-82)81-64-60-78(61-65-81)89-41-29-47-95-104(89)103-88(77-54-52-74(72-110)53-55-77)40-28-46-94(103)108(95)92-44-20-24-50-101(92)116-102-51-25-21-45-93(102)108/h3-6,8-14,16-67,69-71H,1-2,7,15H2/b6-5-,26-8+,30-4-,38-16-,39-17+,86-37-. The summed E-state index contributed by atoms with van der Waals surface area (Å²) in [7, 11) is 0. The number of allylic oxidation sites excluding steroid dienone is 13. The highest BCUT2D eigenvalue weighted by molar-refractivity contribution is 6.03. The molecule has 2 aromatic heterocycles. The van der Waals surface area contributed by atoms with E-state index in [9.17, 15) is 5.26 Å². The zero-order chi connectivity index (χ0) is 78.4. The summed E-state index contributed by atoms with van der Waals surface area (Å²) in [6, 6.07) is 118. The predicted molar refractivity (Wildman–Crippen MR) is 470 cm³/mol. The largest absolute Gasteiger partial charge is 0.457 e. The molecule has 1 spiro atoms. The van der Waals surface area contributed by atoms with Gasteiger partial charge in [0, 0.05) is 56.1 Å². The summed E-state index contributed by atoms with van der Waals surface area (Å²) in [4.78, 5) is 20.9. The first-order chi connectivity index (χ1) is 57.3. The molecular weight excluding hydrogens is 1410 g/mol. The molecule has 8 heteroatoms. The van der Waals surface area contributed by atoms with Crippen molar-refractivity contribution in [2.45, 2.75) is 23.7 Å². The van der Waals surface area contributed by atoms with Crippen LogP contribution in [0.2, 0.25) is 0 Å². The minimum absolute atomic E-state index is 0.607. The van der Waals surface area contributed by atoms with Gasteiger partial charge in [-0.05, 0) is 151 Å². The van der Waals surface area contributed by atoms with Crippen LogP contribution in [0.15, 0.2) is 419 Å². The molecule has 3 aliphatic rings. The second kappa shape index (κ2) is 31.7. The van der Waals surface area contributed by atoms with Gasteiger partial charge in [-0.25, -0.2) is 19.9 Å². The van der Waals surface area contributed by atoms with Gasteiger partial charge < -0.3 is 9.47 Å². The van der Waals surface area contributed by atoms with Crippen molar-refractivity contribution in [3.63, 3.8) is 0 Å². The number of rotatable bonds is 20. The Morgan fingerprint density at radius 2 is 0.793 bits per heavy atom. The van der Waals surface area contributed by atoms with Gasteiger partial charge in [-0.3, -0.25) is 0 Å². The van der Waals surface area contributed by atoms with Crippen molar-refractivity contribution in [2.24, 2.45) is 0 Å². The van der Waals surface area contributed by atoms with Crippen LogP contribution in [0.4, 0.5) is 0 Å². The van der Waals surface area contributed by atoms with Gasteiger partial charge in [0.25, 0.3) is 0 Å². The number of benzene rings is 13. The number of hydrogen-bond acceptors (Lipinski definition) is 8. The number of fused-ring (bicyclic) bond motifs is 11. The molecule has 0 radical (unpaired) electrons. The maximum Gasteiger partial charge on any atom is 0.160 e. The molecule has 4 heterocycles. The quantitative estimate of drug-likeness (QED) is 0.0421. The molecule has 548 valence electrons. The summed E-state index contributed by atoms with van der Waals surface area (Å²) in [6.45, 7) is 8.78. The van der Waals surface area contributed by atoms with E-state index in [4.69, 9.17) is 41.3 Å². The molecule has 0 bridgehead atoms. The van der Waals surface area contributed by atoms with Gasteiger partial charge in [-0.1, -0.05) is 347 Å². The van der Waals surface area contributed by atoms with E-state index < -0.39 is 10.8 Å².